The number of amides is 1. The molecule has 0 radical (unpaired) electrons. The largest absolute Gasteiger partial charge is 0.354 e. The van der Waals surface area contributed by atoms with E-state index in [9.17, 15) is 9.18 Å². The molecule has 2 N–H and O–H groups in total. The van der Waals surface area contributed by atoms with Crippen molar-refractivity contribution in [1.82, 2.24) is 15.6 Å². The fourth-order valence-corrected chi connectivity index (χ4v) is 4.07. The zero-order valence-electron chi connectivity index (χ0n) is 18.8. The molecule has 4 unspecified atom stereocenters. The summed E-state index contributed by atoms with van der Waals surface area (Å²) in [5.41, 5.74) is 3.24. The van der Waals surface area contributed by atoms with Crippen LogP contribution >= 0.6 is 18.5 Å². The van der Waals surface area contributed by atoms with Gasteiger partial charge in [-0.2, -0.15) is 0 Å². The standard InChI is InChI=1S/C22H34FN5OP2/c1-6-24-22(26-16(5)29)20(15(4)21(23)31)14(3)18-9-17(12-30)10-19(27-18)28-8-7-25-13(2)11-28/h6,9-10,13,15,21,25H,1,7-8,11-12,30-31H2,2-5H3,(H,24,26,29)/b20-14+/t13-,15?,21?/m0/s1. The Labute approximate surface area is 189 Å². The van der Waals surface area contributed by atoms with Gasteiger partial charge in [0.15, 0.2) is 0 Å². The number of nitrogens with zero attached hydrogens (tertiary/aromatic N) is 3. The number of carbonyl (C=O) groups excluding carboxylic acids is 1. The lowest BCUT2D eigenvalue weighted by molar-refractivity contribution is -0.117. The first-order valence-electron chi connectivity index (χ1n) is 10.4. The number of halogens is 1. The molecular formula is C22H34FN5OP2. The molecular weight excluding hydrogens is 431 g/mol. The maximum atomic E-state index is 14.4. The molecule has 0 spiro atoms. The molecule has 0 aliphatic carbocycles. The number of alkyl halides is 1. The third kappa shape index (κ3) is 6.90. The van der Waals surface area contributed by atoms with Gasteiger partial charge in [-0.15, -0.1) is 18.5 Å². The predicted octanol–water partition coefficient (Wildman–Crippen LogP) is 3.51. The Kier molecular flexibility index (Phi) is 9.74. The van der Waals surface area contributed by atoms with Crippen LogP contribution in [0.15, 0.2) is 35.5 Å². The fourth-order valence-electron chi connectivity index (χ4n) is 3.64. The van der Waals surface area contributed by atoms with Crippen molar-refractivity contribution in [1.29, 1.82) is 0 Å². The van der Waals surface area contributed by atoms with Crippen molar-refractivity contribution >= 4 is 41.6 Å². The van der Waals surface area contributed by atoms with Crippen LogP contribution in [0, 0.1) is 5.92 Å². The van der Waals surface area contributed by atoms with E-state index < -0.39 is 11.8 Å². The molecule has 2 heterocycles. The maximum Gasteiger partial charge on any atom is 0.222 e. The molecule has 2 rings (SSSR count). The van der Waals surface area contributed by atoms with Gasteiger partial charge in [0.05, 0.1) is 5.69 Å². The highest BCUT2D eigenvalue weighted by molar-refractivity contribution is 7.17. The number of hydrogen-bond acceptors (Lipinski definition) is 5. The van der Waals surface area contributed by atoms with E-state index in [4.69, 9.17) is 4.98 Å². The van der Waals surface area contributed by atoms with Crippen molar-refractivity contribution in [3.05, 3.63) is 41.7 Å². The quantitative estimate of drug-likeness (QED) is 0.367. The summed E-state index contributed by atoms with van der Waals surface area (Å²) >= 11 is 0. The number of aromatic nitrogens is 1. The lowest BCUT2D eigenvalue weighted by Gasteiger charge is -2.33. The average molecular weight is 465 g/mol. The fraction of sp³-hybridized carbons (Fsp3) is 0.500. The summed E-state index contributed by atoms with van der Waals surface area (Å²) in [5.74, 6) is -0.821. The van der Waals surface area contributed by atoms with Gasteiger partial charge in [0.25, 0.3) is 0 Å². The summed E-state index contributed by atoms with van der Waals surface area (Å²) < 4.78 is 14.4. The molecule has 6 nitrogen and oxygen atoms in total. The molecule has 0 aromatic carbocycles. The molecule has 1 fully saturated rings. The predicted molar refractivity (Wildman–Crippen MR) is 135 cm³/mol. The van der Waals surface area contributed by atoms with Gasteiger partial charge >= 0.3 is 0 Å². The minimum atomic E-state index is -1.22. The molecule has 1 amide bonds. The van der Waals surface area contributed by atoms with Gasteiger partial charge in [0, 0.05) is 50.3 Å². The van der Waals surface area contributed by atoms with Crippen LogP contribution in [0.3, 0.4) is 0 Å². The Morgan fingerprint density at radius 1 is 1.52 bits per heavy atom. The number of anilines is 1. The van der Waals surface area contributed by atoms with Crippen molar-refractivity contribution in [2.75, 3.05) is 24.5 Å². The Morgan fingerprint density at radius 3 is 2.77 bits per heavy atom. The molecule has 1 aliphatic rings. The topological polar surface area (TPSA) is 69.6 Å². The summed E-state index contributed by atoms with van der Waals surface area (Å²) in [4.78, 5) is 23.2. The van der Waals surface area contributed by atoms with E-state index in [0.29, 0.717) is 17.5 Å². The van der Waals surface area contributed by atoms with Gasteiger partial charge in [0.1, 0.15) is 17.6 Å². The summed E-state index contributed by atoms with van der Waals surface area (Å²) in [6, 6.07) is 4.49. The second-order valence-electron chi connectivity index (χ2n) is 7.84. The average Bonchev–Trinajstić information content (AvgIpc) is 2.73. The number of amidine groups is 1. The lowest BCUT2D eigenvalue weighted by Crippen LogP contribution is -2.49. The number of hydrogen-bond donors (Lipinski definition) is 2. The summed E-state index contributed by atoms with van der Waals surface area (Å²) in [6.45, 7) is 13.5. The molecule has 5 atom stereocenters. The molecule has 0 saturated carbocycles. The van der Waals surface area contributed by atoms with Crippen LogP contribution in [0.25, 0.3) is 5.57 Å². The van der Waals surface area contributed by atoms with E-state index in [1.807, 2.05) is 13.0 Å². The molecule has 31 heavy (non-hydrogen) atoms. The summed E-state index contributed by atoms with van der Waals surface area (Å²) in [7, 11) is 4.94. The van der Waals surface area contributed by atoms with Crippen molar-refractivity contribution < 1.29 is 9.18 Å². The number of pyridine rings is 1. The van der Waals surface area contributed by atoms with E-state index in [1.54, 1.807) is 6.92 Å². The van der Waals surface area contributed by atoms with Gasteiger partial charge in [-0.1, -0.05) is 13.5 Å². The van der Waals surface area contributed by atoms with E-state index in [-0.39, 0.29) is 5.91 Å². The van der Waals surface area contributed by atoms with Crippen LogP contribution in [0.4, 0.5) is 10.2 Å². The Bertz CT molecular complexity index is 871. The number of carbonyl (C=O) groups is 1. The molecule has 170 valence electrons. The van der Waals surface area contributed by atoms with Crippen molar-refractivity contribution in [3.8, 4) is 0 Å². The first-order valence-corrected chi connectivity index (χ1v) is 11.9. The minimum absolute atomic E-state index is 0.278. The summed E-state index contributed by atoms with van der Waals surface area (Å²) in [6.07, 6.45) is 2.12. The second-order valence-corrected chi connectivity index (χ2v) is 8.88. The van der Waals surface area contributed by atoms with Gasteiger partial charge in [0.2, 0.25) is 5.91 Å². The Balaban J connectivity index is 2.65. The van der Waals surface area contributed by atoms with Gasteiger partial charge < -0.3 is 15.5 Å². The highest BCUT2D eigenvalue weighted by atomic mass is 31.0. The molecule has 1 aliphatic heterocycles. The number of allylic oxidation sites excluding steroid dienone is 1. The summed E-state index contributed by atoms with van der Waals surface area (Å²) in [5, 5.41) is 6.18. The molecule has 1 aromatic heterocycles. The molecule has 1 saturated heterocycles. The normalized spacial score (nSPS) is 20.0. The number of aliphatic imine (C=N–C) groups is 1. The van der Waals surface area contributed by atoms with Crippen LogP contribution in [0.1, 0.15) is 39.0 Å². The van der Waals surface area contributed by atoms with Crippen molar-refractivity contribution in [2.24, 2.45) is 10.9 Å². The van der Waals surface area contributed by atoms with Gasteiger partial charge in [-0.3, -0.25) is 4.79 Å². The van der Waals surface area contributed by atoms with Crippen LogP contribution in [-0.4, -0.2) is 48.3 Å². The monoisotopic (exact) mass is 465 g/mol. The van der Waals surface area contributed by atoms with Crippen molar-refractivity contribution in [2.45, 2.75) is 45.8 Å². The highest BCUT2D eigenvalue weighted by Crippen LogP contribution is 2.31. The van der Waals surface area contributed by atoms with Crippen LogP contribution < -0.4 is 15.5 Å². The maximum absolute atomic E-state index is 14.4. The van der Waals surface area contributed by atoms with E-state index in [1.165, 1.54) is 13.1 Å². The molecule has 9 heteroatoms. The Morgan fingerprint density at radius 2 is 2.23 bits per heavy atom. The zero-order chi connectivity index (χ0) is 23.1. The first-order chi connectivity index (χ1) is 14.7. The molecule has 1 aromatic rings. The van der Waals surface area contributed by atoms with Crippen molar-refractivity contribution in [3.63, 3.8) is 0 Å². The molecule has 0 bridgehead atoms. The van der Waals surface area contributed by atoms with E-state index in [0.717, 1.165) is 48.4 Å². The third-order valence-corrected chi connectivity index (χ3v) is 6.34. The van der Waals surface area contributed by atoms with E-state index in [2.05, 4.69) is 58.6 Å². The number of rotatable bonds is 7. The highest BCUT2D eigenvalue weighted by Gasteiger charge is 2.26. The van der Waals surface area contributed by atoms with Gasteiger partial charge in [-0.05, 0) is 43.3 Å². The van der Waals surface area contributed by atoms with Crippen LogP contribution in [0.5, 0.6) is 0 Å². The zero-order valence-corrected chi connectivity index (χ0v) is 21.1. The number of nitrogens with one attached hydrogen (secondary N) is 2. The minimum Gasteiger partial charge on any atom is -0.354 e. The van der Waals surface area contributed by atoms with Crippen LogP contribution in [-0.2, 0) is 11.0 Å². The van der Waals surface area contributed by atoms with Crippen LogP contribution in [0.2, 0.25) is 0 Å². The SMILES string of the molecule is C=CN=C(NC(C)=O)/C(=C(\C)c1cc(CP)cc(N2CCN[C@@H](C)C2)n1)C(C)C(F)P. The third-order valence-electron chi connectivity index (χ3n) is 5.29. The van der Waals surface area contributed by atoms with E-state index >= 15 is 0 Å². The Hall–Kier alpha value is -1.68. The first kappa shape index (κ1) is 25.6. The number of piperazine rings is 1. The smallest absolute Gasteiger partial charge is 0.222 e. The van der Waals surface area contributed by atoms with Gasteiger partial charge in [-0.25, -0.2) is 14.4 Å². The second kappa shape index (κ2) is 11.8. The lowest BCUT2D eigenvalue weighted by atomic mass is 9.93.